The van der Waals surface area contributed by atoms with Gasteiger partial charge in [0.05, 0.1) is 18.7 Å². The predicted octanol–water partition coefficient (Wildman–Crippen LogP) is 3.76. The molecule has 116 valence electrons. The number of fused-ring (bicyclic) bond motifs is 1. The summed E-state index contributed by atoms with van der Waals surface area (Å²) in [5, 5.41) is 1.52. The first-order valence-electron chi connectivity index (χ1n) is 7.92. The number of hydrogen-bond acceptors (Lipinski definition) is 4. The molecule has 3 heterocycles. The molecule has 1 aliphatic heterocycles. The molecule has 5 heteroatoms. The molecule has 0 unspecified atom stereocenters. The Kier molecular flexibility index (Phi) is 3.76. The van der Waals surface area contributed by atoms with Crippen molar-refractivity contribution in [2.45, 2.75) is 37.9 Å². The van der Waals surface area contributed by atoms with Crippen molar-refractivity contribution >= 4 is 22.5 Å². The van der Waals surface area contributed by atoms with Gasteiger partial charge in [0.25, 0.3) is 0 Å². The monoisotopic (exact) mass is 318 g/mol. The van der Waals surface area contributed by atoms with Gasteiger partial charge in [-0.25, -0.2) is 4.98 Å². The Labute approximate surface area is 134 Å². The van der Waals surface area contributed by atoms with E-state index in [0.717, 1.165) is 61.9 Å². The highest BCUT2D eigenvalue weighted by Crippen LogP contribution is 2.39. The first-order chi connectivity index (χ1) is 10.7. The third-order valence-corrected chi connectivity index (χ3v) is 4.98. The van der Waals surface area contributed by atoms with E-state index in [2.05, 4.69) is 17.1 Å². The summed E-state index contributed by atoms with van der Waals surface area (Å²) in [5.74, 6) is 0.382. The molecule has 2 aromatic rings. The van der Waals surface area contributed by atoms with Crippen LogP contribution in [-0.4, -0.2) is 29.0 Å². The van der Waals surface area contributed by atoms with E-state index in [9.17, 15) is 0 Å². The van der Waals surface area contributed by atoms with Crippen molar-refractivity contribution in [3.63, 3.8) is 0 Å². The molecule has 0 radical (unpaired) electrons. The molecular formula is C17H19ClN2O2. The van der Waals surface area contributed by atoms with E-state index in [-0.39, 0.29) is 5.79 Å². The molecule has 22 heavy (non-hydrogen) atoms. The lowest BCUT2D eigenvalue weighted by Crippen LogP contribution is -2.35. The molecular weight excluding hydrogens is 300 g/mol. The lowest BCUT2D eigenvalue weighted by atomic mass is 9.82. The van der Waals surface area contributed by atoms with Crippen molar-refractivity contribution < 1.29 is 9.47 Å². The van der Waals surface area contributed by atoms with Crippen LogP contribution in [0.15, 0.2) is 24.4 Å². The van der Waals surface area contributed by atoms with Crippen LogP contribution in [0, 0.1) is 5.92 Å². The summed E-state index contributed by atoms with van der Waals surface area (Å²) < 4.78 is 11.6. The maximum Gasteiger partial charge on any atom is 0.168 e. The van der Waals surface area contributed by atoms with Gasteiger partial charge in [-0.2, -0.15) is 0 Å². The summed E-state index contributed by atoms with van der Waals surface area (Å²) >= 11 is 5.95. The summed E-state index contributed by atoms with van der Waals surface area (Å²) in [7, 11) is 0. The van der Waals surface area contributed by atoms with Crippen LogP contribution in [0.1, 0.15) is 31.4 Å². The van der Waals surface area contributed by atoms with Crippen LogP contribution in [0.3, 0.4) is 0 Å². The molecule has 4 nitrogen and oxygen atoms in total. The first kappa shape index (κ1) is 14.4. The molecule has 1 saturated heterocycles. The van der Waals surface area contributed by atoms with Crippen molar-refractivity contribution in [2.75, 3.05) is 13.2 Å². The second-order valence-electron chi connectivity index (χ2n) is 6.26. The van der Waals surface area contributed by atoms with Gasteiger partial charge in [-0.15, -0.1) is 0 Å². The summed E-state index contributed by atoms with van der Waals surface area (Å²) in [6.45, 7) is 1.48. The van der Waals surface area contributed by atoms with Crippen molar-refractivity contribution in [1.82, 2.24) is 9.97 Å². The van der Waals surface area contributed by atoms with E-state index in [0.29, 0.717) is 11.1 Å². The molecule has 2 aliphatic rings. The van der Waals surface area contributed by atoms with Gasteiger partial charge in [-0.05, 0) is 37.3 Å². The largest absolute Gasteiger partial charge is 0.348 e. The summed E-state index contributed by atoms with van der Waals surface area (Å²) in [4.78, 5) is 8.82. The van der Waals surface area contributed by atoms with Crippen molar-refractivity contribution in [3.05, 3.63) is 35.2 Å². The lowest BCUT2D eigenvalue weighted by Gasteiger charge is -2.35. The van der Waals surface area contributed by atoms with Crippen molar-refractivity contribution in [2.24, 2.45) is 5.92 Å². The highest BCUT2D eigenvalue weighted by Gasteiger charge is 2.40. The smallest absolute Gasteiger partial charge is 0.168 e. The van der Waals surface area contributed by atoms with Gasteiger partial charge in [0.2, 0.25) is 0 Å². The van der Waals surface area contributed by atoms with Crippen molar-refractivity contribution in [3.8, 4) is 0 Å². The molecule has 1 saturated carbocycles. The molecule has 1 spiro atoms. The Bertz CT molecular complexity index is 675. The molecule has 0 atom stereocenters. The zero-order valence-electron chi connectivity index (χ0n) is 12.4. The van der Waals surface area contributed by atoms with E-state index in [1.165, 1.54) is 0 Å². The fraction of sp³-hybridized carbons (Fsp3) is 0.529. The molecule has 0 bridgehead atoms. The molecule has 0 amide bonds. The van der Waals surface area contributed by atoms with Gasteiger partial charge in [0, 0.05) is 36.2 Å². The second kappa shape index (κ2) is 5.76. The number of pyridine rings is 2. The Balaban J connectivity index is 1.45. The minimum absolute atomic E-state index is 0.271. The topological polar surface area (TPSA) is 44.2 Å². The highest BCUT2D eigenvalue weighted by molar-refractivity contribution is 6.29. The third-order valence-electron chi connectivity index (χ3n) is 4.78. The fourth-order valence-electron chi connectivity index (χ4n) is 3.55. The van der Waals surface area contributed by atoms with E-state index in [1.54, 1.807) is 6.20 Å². The van der Waals surface area contributed by atoms with Crippen LogP contribution in [0.4, 0.5) is 0 Å². The van der Waals surface area contributed by atoms with Crippen LogP contribution in [0.5, 0.6) is 0 Å². The van der Waals surface area contributed by atoms with Crippen LogP contribution in [0.2, 0.25) is 5.15 Å². The quantitative estimate of drug-likeness (QED) is 0.791. The number of nitrogens with zero attached hydrogens (tertiary/aromatic N) is 2. The van der Waals surface area contributed by atoms with Gasteiger partial charge >= 0.3 is 0 Å². The first-order valence-corrected chi connectivity index (χ1v) is 8.29. The summed E-state index contributed by atoms with van der Waals surface area (Å²) in [6.07, 6.45) is 7.05. The van der Waals surface area contributed by atoms with Gasteiger partial charge in [0.1, 0.15) is 5.15 Å². The van der Waals surface area contributed by atoms with Gasteiger partial charge in [-0.1, -0.05) is 11.6 Å². The van der Waals surface area contributed by atoms with Gasteiger partial charge < -0.3 is 9.47 Å². The standard InChI is InChI=1S/C17H19ClN2O2/c18-16-10-15-13(11-19-16)1-2-14(20-15)9-12-3-5-17(6-4-12)21-7-8-22-17/h1-2,10-12H,3-9H2. The zero-order chi connectivity index (χ0) is 15.0. The van der Waals surface area contributed by atoms with Crippen LogP contribution < -0.4 is 0 Å². The predicted molar refractivity (Wildman–Crippen MR) is 84.8 cm³/mol. The average molecular weight is 319 g/mol. The maximum atomic E-state index is 5.95. The SMILES string of the molecule is Clc1cc2nc(CC3CCC4(CC3)OCCO4)ccc2cn1. The van der Waals surface area contributed by atoms with E-state index in [4.69, 9.17) is 26.1 Å². The Morgan fingerprint density at radius 2 is 1.95 bits per heavy atom. The Morgan fingerprint density at radius 3 is 2.73 bits per heavy atom. The number of hydrogen-bond donors (Lipinski definition) is 0. The van der Waals surface area contributed by atoms with E-state index >= 15 is 0 Å². The van der Waals surface area contributed by atoms with Gasteiger partial charge in [-0.3, -0.25) is 4.98 Å². The molecule has 0 N–H and O–H groups in total. The molecule has 2 fully saturated rings. The number of halogens is 1. The lowest BCUT2D eigenvalue weighted by molar-refractivity contribution is -0.182. The summed E-state index contributed by atoms with van der Waals surface area (Å²) in [5.41, 5.74) is 2.05. The number of rotatable bonds is 2. The number of ether oxygens (including phenoxy) is 2. The average Bonchev–Trinajstić information content (AvgIpc) is 2.98. The van der Waals surface area contributed by atoms with Crippen LogP contribution in [0.25, 0.3) is 10.9 Å². The normalized spacial score (nSPS) is 21.7. The minimum atomic E-state index is -0.271. The van der Waals surface area contributed by atoms with Crippen LogP contribution in [-0.2, 0) is 15.9 Å². The molecule has 1 aliphatic carbocycles. The highest BCUT2D eigenvalue weighted by atomic mass is 35.5. The molecule has 4 rings (SSSR count). The number of aromatic nitrogens is 2. The maximum absolute atomic E-state index is 5.95. The molecule has 0 aromatic carbocycles. The second-order valence-corrected chi connectivity index (χ2v) is 6.64. The van der Waals surface area contributed by atoms with E-state index < -0.39 is 0 Å². The minimum Gasteiger partial charge on any atom is -0.348 e. The Morgan fingerprint density at radius 1 is 1.18 bits per heavy atom. The zero-order valence-corrected chi connectivity index (χ0v) is 13.2. The molecule has 2 aromatic heterocycles. The van der Waals surface area contributed by atoms with E-state index in [1.807, 2.05) is 6.07 Å². The third kappa shape index (κ3) is 2.83. The van der Waals surface area contributed by atoms with Gasteiger partial charge in [0.15, 0.2) is 5.79 Å². The Hall–Kier alpha value is -1.23. The fourth-order valence-corrected chi connectivity index (χ4v) is 3.70. The van der Waals surface area contributed by atoms with Crippen molar-refractivity contribution in [1.29, 1.82) is 0 Å². The van der Waals surface area contributed by atoms with Crippen LogP contribution >= 0.6 is 11.6 Å². The summed E-state index contributed by atoms with van der Waals surface area (Å²) in [6, 6.07) is 6.01.